The molecule has 2 aromatic heterocycles. The number of amides is 2. The van der Waals surface area contributed by atoms with Crippen LogP contribution in [0.3, 0.4) is 0 Å². The van der Waals surface area contributed by atoms with Crippen molar-refractivity contribution in [2.24, 2.45) is 5.92 Å². The molecule has 0 aliphatic carbocycles. The molecule has 5 aromatic carbocycles. The van der Waals surface area contributed by atoms with Gasteiger partial charge >= 0.3 is 0 Å². The van der Waals surface area contributed by atoms with Gasteiger partial charge in [0.2, 0.25) is 14.3 Å². The Morgan fingerprint density at radius 1 is 0.800 bits per heavy atom. The summed E-state index contributed by atoms with van der Waals surface area (Å²) in [4.78, 5) is 59.5. The zero-order valence-corrected chi connectivity index (χ0v) is 34.5. The van der Waals surface area contributed by atoms with E-state index in [0.29, 0.717) is 44.4 Å². The first-order valence-electron chi connectivity index (χ1n) is 20.1. The van der Waals surface area contributed by atoms with E-state index in [1.165, 1.54) is 9.36 Å². The lowest BCUT2D eigenvalue weighted by Crippen LogP contribution is -2.45. The van der Waals surface area contributed by atoms with Crippen molar-refractivity contribution < 1.29 is 23.5 Å². The molecule has 60 heavy (non-hydrogen) atoms. The summed E-state index contributed by atoms with van der Waals surface area (Å²) in [7, 11) is -3.66. The molecule has 0 unspecified atom stereocenters. The molecule has 0 radical (unpaired) electrons. The predicted molar refractivity (Wildman–Crippen MR) is 231 cm³/mol. The van der Waals surface area contributed by atoms with Crippen molar-refractivity contribution in [1.82, 2.24) is 24.5 Å². The Labute approximate surface area is 345 Å². The smallest absolute Gasteiger partial charge is 0.279 e. The molecular formula is C46H45FN6O6Si. The molecule has 1 spiro atoms. The summed E-state index contributed by atoms with van der Waals surface area (Å²) >= 11 is 0. The number of para-hydroxylation sites is 2. The quantitative estimate of drug-likeness (QED) is 0.0981. The number of nitrogens with one attached hydrogen (secondary N) is 2. The van der Waals surface area contributed by atoms with Gasteiger partial charge in [-0.1, -0.05) is 73.7 Å². The van der Waals surface area contributed by atoms with Crippen molar-refractivity contribution >= 4 is 47.7 Å². The summed E-state index contributed by atoms with van der Waals surface area (Å²) in [5.41, 5.74) is 2.23. The number of hydrogen-bond donors (Lipinski definition) is 3. The van der Waals surface area contributed by atoms with Crippen molar-refractivity contribution in [2.75, 3.05) is 18.1 Å². The highest BCUT2D eigenvalue weighted by molar-refractivity contribution is 6.72. The number of aliphatic hydroxyl groups excluding tert-OH is 1. The molecule has 1 saturated heterocycles. The summed E-state index contributed by atoms with van der Waals surface area (Å²) in [5.74, 6) is -1.41. The fourth-order valence-corrected chi connectivity index (χ4v) is 12.0. The predicted octanol–water partition coefficient (Wildman–Crippen LogP) is 6.68. The molecule has 12 nitrogen and oxygen atoms in total. The van der Waals surface area contributed by atoms with E-state index in [9.17, 15) is 19.5 Å². The minimum atomic E-state index is -3.66. The standard InChI is InChI=1S/C46H45FN6O6Si/c1-29-42(60(2,3)47)40(26-41(55)50(23-24-54)27-30-11-5-4-6-12-30)59-46(29)36-25-33(53-44(57)35-14-8-10-16-38(35)49-53)21-22-39(36)51(45(46)58)28-31-17-19-32(20-18-31)52-43(56)34-13-7-9-15-37(34)48-52/h4-22,25,29,40,42,48-49,54H,23-24,26-28H2,1-3H3/t29-,40+,42-,46+/m1/s1. The first-order chi connectivity index (χ1) is 28.9. The number of carbonyl (C=O) groups excluding carboxylic acids is 2. The zero-order chi connectivity index (χ0) is 41.9. The molecule has 2 aliphatic rings. The second-order valence-corrected chi connectivity index (χ2v) is 20.2. The number of benzene rings is 5. The number of rotatable bonds is 11. The number of fused-ring (bicyclic) bond motifs is 4. The lowest BCUT2D eigenvalue weighted by atomic mass is 9.82. The van der Waals surface area contributed by atoms with E-state index in [1.54, 1.807) is 59.3 Å². The van der Waals surface area contributed by atoms with Crippen molar-refractivity contribution in [1.29, 1.82) is 0 Å². The summed E-state index contributed by atoms with van der Waals surface area (Å²) in [6, 6.07) is 36.6. The van der Waals surface area contributed by atoms with Gasteiger partial charge in [0, 0.05) is 30.1 Å². The van der Waals surface area contributed by atoms with Gasteiger partial charge in [-0.15, -0.1) is 0 Å². The number of H-pyrrole nitrogens is 2. The Morgan fingerprint density at radius 3 is 1.98 bits per heavy atom. The van der Waals surface area contributed by atoms with Crippen LogP contribution in [0, 0.1) is 5.92 Å². The topological polar surface area (TPSA) is 146 Å². The van der Waals surface area contributed by atoms with Crippen LogP contribution in [0.4, 0.5) is 9.80 Å². The van der Waals surface area contributed by atoms with Gasteiger partial charge in [0.25, 0.3) is 17.0 Å². The van der Waals surface area contributed by atoms with Crippen LogP contribution in [0.2, 0.25) is 18.6 Å². The Bertz CT molecular complexity index is 2880. The Morgan fingerprint density at radius 2 is 1.38 bits per heavy atom. The number of hydrogen-bond acceptors (Lipinski definition) is 6. The van der Waals surface area contributed by atoms with Crippen LogP contribution in [0.25, 0.3) is 33.2 Å². The Kier molecular flexibility index (Phi) is 9.80. The molecular weight excluding hydrogens is 780 g/mol. The second-order valence-electron chi connectivity index (χ2n) is 16.4. The van der Waals surface area contributed by atoms with Gasteiger partial charge in [-0.2, -0.15) is 0 Å². The van der Waals surface area contributed by atoms with E-state index in [4.69, 9.17) is 4.74 Å². The van der Waals surface area contributed by atoms with Gasteiger partial charge in [-0.25, -0.2) is 9.36 Å². The maximum atomic E-state index is 16.8. The van der Waals surface area contributed by atoms with Crippen molar-refractivity contribution in [3.05, 3.63) is 159 Å². The normalized spacial score (nSPS) is 20.1. The molecule has 14 heteroatoms. The summed E-state index contributed by atoms with van der Waals surface area (Å²) < 4.78 is 26.7. The van der Waals surface area contributed by atoms with Crippen LogP contribution in [-0.2, 0) is 33.0 Å². The number of aromatic nitrogens is 4. The van der Waals surface area contributed by atoms with Gasteiger partial charge in [0.15, 0.2) is 5.60 Å². The summed E-state index contributed by atoms with van der Waals surface area (Å²) in [5, 5.41) is 17.3. The third kappa shape index (κ3) is 6.51. The highest BCUT2D eigenvalue weighted by atomic mass is 28.4. The molecule has 4 atom stereocenters. The maximum Gasteiger partial charge on any atom is 0.279 e. The molecule has 2 aliphatic heterocycles. The molecule has 1 fully saturated rings. The fourth-order valence-electron chi connectivity index (χ4n) is 9.46. The third-order valence-electron chi connectivity index (χ3n) is 12.2. The average molecular weight is 825 g/mol. The first kappa shape index (κ1) is 39.1. The fraction of sp³-hybridized carbons (Fsp3) is 0.261. The largest absolute Gasteiger partial charge is 0.395 e. The third-order valence-corrected chi connectivity index (χ3v) is 14.7. The minimum absolute atomic E-state index is 0.0775. The number of halogens is 1. The molecule has 7 aromatic rings. The van der Waals surface area contributed by atoms with Crippen molar-refractivity contribution in [3.8, 4) is 11.4 Å². The van der Waals surface area contributed by atoms with E-state index < -0.39 is 37.5 Å². The van der Waals surface area contributed by atoms with Crippen LogP contribution in [-0.4, -0.2) is 69.0 Å². The van der Waals surface area contributed by atoms with Crippen LogP contribution in [0.5, 0.6) is 0 Å². The van der Waals surface area contributed by atoms with E-state index in [0.717, 1.165) is 11.1 Å². The monoisotopic (exact) mass is 824 g/mol. The Balaban J connectivity index is 1.11. The minimum Gasteiger partial charge on any atom is -0.395 e. The highest BCUT2D eigenvalue weighted by Gasteiger charge is 2.67. The number of aliphatic hydroxyl groups is 1. The summed E-state index contributed by atoms with van der Waals surface area (Å²) in [6.45, 7) is 5.20. The lowest BCUT2D eigenvalue weighted by Gasteiger charge is -2.31. The van der Waals surface area contributed by atoms with E-state index >= 15 is 8.90 Å². The first-order valence-corrected chi connectivity index (χ1v) is 23.1. The van der Waals surface area contributed by atoms with Gasteiger partial charge in [-0.3, -0.25) is 29.4 Å². The summed E-state index contributed by atoms with van der Waals surface area (Å²) in [6.07, 6.45) is -1.15. The van der Waals surface area contributed by atoms with E-state index in [-0.39, 0.29) is 49.7 Å². The van der Waals surface area contributed by atoms with Crippen LogP contribution < -0.4 is 16.0 Å². The van der Waals surface area contributed by atoms with Crippen molar-refractivity contribution in [2.45, 2.75) is 56.8 Å². The highest BCUT2D eigenvalue weighted by Crippen LogP contribution is 2.60. The molecule has 3 N–H and O–H groups in total. The molecule has 2 amide bonds. The van der Waals surface area contributed by atoms with Crippen LogP contribution in [0.15, 0.2) is 131 Å². The van der Waals surface area contributed by atoms with Gasteiger partial charge in [-0.05, 0) is 78.8 Å². The molecule has 306 valence electrons. The van der Waals surface area contributed by atoms with Gasteiger partial charge in [0.1, 0.15) is 0 Å². The molecule has 4 heterocycles. The number of ether oxygens (including phenoxy) is 1. The van der Waals surface area contributed by atoms with Crippen LogP contribution in [0.1, 0.15) is 30.0 Å². The molecule has 0 bridgehead atoms. The maximum absolute atomic E-state index is 16.8. The van der Waals surface area contributed by atoms with Crippen LogP contribution >= 0.6 is 0 Å². The number of aromatic amines is 2. The van der Waals surface area contributed by atoms with E-state index in [2.05, 4.69) is 10.2 Å². The molecule has 0 saturated carbocycles. The van der Waals surface area contributed by atoms with Gasteiger partial charge < -0.3 is 23.8 Å². The number of nitrogens with zero attached hydrogens (tertiary/aromatic N) is 4. The Hall–Kier alpha value is -6.35. The average Bonchev–Trinajstić information content (AvgIpc) is 3.93. The number of anilines is 1. The number of carbonyl (C=O) groups is 2. The van der Waals surface area contributed by atoms with Gasteiger partial charge in [0.05, 0.1) is 64.5 Å². The lowest BCUT2D eigenvalue weighted by molar-refractivity contribution is -0.150. The second kappa shape index (κ2) is 15.0. The van der Waals surface area contributed by atoms with E-state index in [1.807, 2.05) is 91.9 Å². The van der Waals surface area contributed by atoms with Crippen molar-refractivity contribution in [3.63, 3.8) is 0 Å². The SMILES string of the molecule is C[C@@H]1[C@@H]([Si](C)(C)F)[C@H](CC(=O)N(CCO)Cc2ccccc2)O[C@@]12C(=O)N(Cc1ccc(-n3[nH]c4ccccc4c3=O)cc1)c1ccc(-n3[nH]c4ccccc4c3=O)cc12. The molecule has 9 rings (SSSR count). The zero-order valence-electron chi connectivity index (χ0n) is 33.5.